The summed E-state index contributed by atoms with van der Waals surface area (Å²) in [5.41, 5.74) is 1.41. The summed E-state index contributed by atoms with van der Waals surface area (Å²) in [4.78, 5) is 9.49. The molecule has 2 heterocycles. The van der Waals surface area contributed by atoms with E-state index in [0.29, 0.717) is 6.04 Å². The fourth-order valence-corrected chi connectivity index (χ4v) is 3.00. The van der Waals surface area contributed by atoms with Gasteiger partial charge in [-0.05, 0) is 38.3 Å². The van der Waals surface area contributed by atoms with Crippen LogP contribution < -0.4 is 4.90 Å². The lowest BCUT2D eigenvalue weighted by Gasteiger charge is -2.29. The fraction of sp³-hybridized carbons (Fsp3) is 0.688. The van der Waals surface area contributed by atoms with Crippen molar-refractivity contribution in [3.8, 4) is 0 Å². The van der Waals surface area contributed by atoms with Crippen LogP contribution in [-0.2, 0) is 0 Å². The maximum atomic E-state index is 4.61. The zero-order valence-electron chi connectivity index (χ0n) is 12.8. The summed E-state index contributed by atoms with van der Waals surface area (Å²) >= 11 is 0. The van der Waals surface area contributed by atoms with Crippen molar-refractivity contribution in [3.63, 3.8) is 0 Å². The van der Waals surface area contributed by atoms with Crippen molar-refractivity contribution in [2.75, 3.05) is 31.6 Å². The van der Waals surface area contributed by atoms with Gasteiger partial charge in [0.25, 0.3) is 0 Å². The Morgan fingerprint density at radius 3 is 2.95 bits per heavy atom. The summed E-state index contributed by atoms with van der Waals surface area (Å²) < 4.78 is 0. The largest absolute Gasteiger partial charge is 0.360 e. The maximum absolute atomic E-state index is 4.61. The summed E-state index contributed by atoms with van der Waals surface area (Å²) in [7, 11) is 2.13. The maximum Gasteiger partial charge on any atom is 0.133 e. The third kappa shape index (κ3) is 3.27. The van der Waals surface area contributed by atoms with E-state index in [1.165, 1.54) is 31.5 Å². The fourth-order valence-electron chi connectivity index (χ4n) is 3.00. The van der Waals surface area contributed by atoms with Crippen molar-refractivity contribution in [2.45, 2.75) is 39.7 Å². The van der Waals surface area contributed by atoms with Crippen LogP contribution in [0.15, 0.2) is 18.3 Å². The Bertz CT molecular complexity index is 403. The molecule has 0 spiro atoms. The summed E-state index contributed by atoms with van der Waals surface area (Å²) in [6.07, 6.45) is 4.48. The van der Waals surface area contributed by atoms with Gasteiger partial charge in [0.2, 0.25) is 0 Å². The first-order valence-electron chi connectivity index (χ1n) is 7.53. The van der Waals surface area contributed by atoms with Gasteiger partial charge in [0, 0.05) is 37.9 Å². The molecule has 3 heteroatoms. The standard InChI is InChI=1S/C16H27N3/c1-5-18(4)16-14(8-6-10-17-16)15-9-7-11-19(15)12-13(2)3/h6,8,10,13,15H,5,7,9,11-12H2,1-4H3/t15-/m0/s1. The average Bonchev–Trinajstić information content (AvgIpc) is 2.85. The van der Waals surface area contributed by atoms with E-state index in [-0.39, 0.29) is 0 Å². The molecule has 1 atom stereocenters. The highest BCUT2D eigenvalue weighted by Gasteiger charge is 2.28. The molecule has 2 rings (SSSR count). The van der Waals surface area contributed by atoms with Gasteiger partial charge in [0.15, 0.2) is 0 Å². The highest BCUT2D eigenvalue weighted by Crippen LogP contribution is 2.36. The second kappa shape index (κ2) is 6.38. The number of hydrogen-bond donors (Lipinski definition) is 0. The van der Waals surface area contributed by atoms with Crippen LogP contribution in [0.2, 0.25) is 0 Å². The zero-order chi connectivity index (χ0) is 13.8. The molecular formula is C16H27N3. The number of anilines is 1. The number of aromatic nitrogens is 1. The Hall–Kier alpha value is -1.09. The molecule has 106 valence electrons. The highest BCUT2D eigenvalue weighted by atomic mass is 15.2. The Morgan fingerprint density at radius 1 is 1.47 bits per heavy atom. The molecule has 0 aliphatic carbocycles. The Balaban J connectivity index is 2.25. The molecule has 1 aromatic heterocycles. The van der Waals surface area contributed by atoms with Crippen molar-refractivity contribution in [2.24, 2.45) is 5.92 Å². The van der Waals surface area contributed by atoms with E-state index in [4.69, 9.17) is 0 Å². The molecule has 1 aromatic rings. The zero-order valence-corrected chi connectivity index (χ0v) is 12.8. The van der Waals surface area contributed by atoms with Crippen LogP contribution in [0.3, 0.4) is 0 Å². The topological polar surface area (TPSA) is 19.4 Å². The Kier molecular flexibility index (Phi) is 4.81. The lowest BCUT2D eigenvalue weighted by atomic mass is 10.0. The monoisotopic (exact) mass is 261 g/mol. The van der Waals surface area contributed by atoms with Crippen LogP contribution in [0, 0.1) is 5.92 Å². The van der Waals surface area contributed by atoms with Gasteiger partial charge in [-0.2, -0.15) is 0 Å². The molecule has 0 unspecified atom stereocenters. The predicted octanol–water partition coefficient (Wildman–Crippen LogP) is 3.33. The summed E-state index contributed by atoms with van der Waals surface area (Å²) in [5, 5.41) is 0. The van der Waals surface area contributed by atoms with Gasteiger partial charge in [-0.15, -0.1) is 0 Å². The second-order valence-corrected chi connectivity index (χ2v) is 5.98. The average molecular weight is 261 g/mol. The number of pyridine rings is 1. The van der Waals surface area contributed by atoms with Crippen LogP contribution in [0.25, 0.3) is 0 Å². The minimum Gasteiger partial charge on any atom is -0.360 e. The van der Waals surface area contributed by atoms with E-state index in [0.717, 1.165) is 18.3 Å². The first-order chi connectivity index (χ1) is 9.13. The molecule has 1 saturated heterocycles. The lowest BCUT2D eigenvalue weighted by molar-refractivity contribution is 0.229. The van der Waals surface area contributed by atoms with E-state index < -0.39 is 0 Å². The molecule has 0 N–H and O–H groups in total. The summed E-state index contributed by atoms with van der Waals surface area (Å²) in [6.45, 7) is 10.2. The van der Waals surface area contributed by atoms with E-state index in [1.54, 1.807) is 0 Å². The molecular weight excluding hydrogens is 234 g/mol. The lowest BCUT2D eigenvalue weighted by Crippen LogP contribution is -2.29. The Morgan fingerprint density at radius 2 is 2.26 bits per heavy atom. The first-order valence-corrected chi connectivity index (χ1v) is 7.53. The second-order valence-electron chi connectivity index (χ2n) is 5.98. The molecule has 1 fully saturated rings. The molecule has 0 bridgehead atoms. The SMILES string of the molecule is CCN(C)c1ncccc1[C@@H]1CCCN1CC(C)C. The molecule has 19 heavy (non-hydrogen) atoms. The van der Waals surface area contributed by atoms with Gasteiger partial charge in [-0.1, -0.05) is 19.9 Å². The molecule has 0 aromatic carbocycles. The third-order valence-corrected chi connectivity index (χ3v) is 3.98. The summed E-state index contributed by atoms with van der Waals surface area (Å²) in [5.74, 6) is 1.88. The van der Waals surface area contributed by atoms with Crippen molar-refractivity contribution in [1.29, 1.82) is 0 Å². The predicted molar refractivity (Wildman–Crippen MR) is 81.6 cm³/mol. The molecule has 1 aliphatic heterocycles. The van der Waals surface area contributed by atoms with Crippen molar-refractivity contribution in [3.05, 3.63) is 23.9 Å². The van der Waals surface area contributed by atoms with Crippen LogP contribution in [0.1, 0.15) is 45.2 Å². The molecule has 1 aliphatic rings. The van der Waals surface area contributed by atoms with Crippen LogP contribution in [0.4, 0.5) is 5.82 Å². The van der Waals surface area contributed by atoms with Crippen molar-refractivity contribution < 1.29 is 0 Å². The van der Waals surface area contributed by atoms with Gasteiger partial charge in [-0.3, -0.25) is 4.90 Å². The van der Waals surface area contributed by atoms with Gasteiger partial charge in [-0.25, -0.2) is 4.98 Å². The van der Waals surface area contributed by atoms with E-state index in [2.05, 4.69) is 54.7 Å². The van der Waals surface area contributed by atoms with Crippen LogP contribution in [-0.4, -0.2) is 36.6 Å². The van der Waals surface area contributed by atoms with E-state index >= 15 is 0 Å². The molecule has 0 radical (unpaired) electrons. The first kappa shape index (κ1) is 14.3. The van der Waals surface area contributed by atoms with E-state index in [1.807, 2.05) is 6.20 Å². The van der Waals surface area contributed by atoms with Crippen LogP contribution in [0.5, 0.6) is 0 Å². The quantitative estimate of drug-likeness (QED) is 0.810. The number of nitrogens with zero attached hydrogens (tertiary/aromatic N) is 3. The number of hydrogen-bond acceptors (Lipinski definition) is 3. The minimum absolute atomic E-state index is 0.556. The van der Waals surface area contributed by atoms with Gasteiger partial charge >= 0.3 is 0 Å². The minimum atomic E-state index is 0.556. The van der Waals surface area contributed by atoms with Gasteiger partial charge in [0.05, 0.1) is 0 Å². The van der Waals surface area contributed by atoms with Crippen molar-refractivity contribution >= 4 is 5.82 Å². The Labute approximate surface area is 117 Å². The van der Waals surface area contributed by atoms with Gasteiger partial charge < -0.3 is 4.90 Å². The van der Waals surface area contributed by atoms with E-state index in [9.17, 15) is 0 Å². The molecule has 3 nitrogen and oxygen atoms in total. The van der Waals surface area contributed by atoms with Crippen molar-refractivity contribution in [1.82, 2.24) is 9.88 Å². The highest BCUT2D eigenvalue weighted by molar-refractivity contribution is 5.48. The van der Waals surface area contributed by atoms with Gasteiger partial charge in [0.1, 0.15) is 5.82 Å². The number of rotatable bonds is 5. The molecule has 0 amide bonds. The number of likely N-dealkylation sites (tertiary alicyclic amines) is 1. The smallest absolute Gasteiger partial charge is 0.133 e. The van der Waals surface area contributed by atoms with Crippen LogP contribution >= 0.6 is 0 Å². The normalized spacial score (nSPS) is 20.2. The summed E-state index contributed by atoms with van der Waals surface area (Å²) in [6, 6.07) is 4.89. The molecule has 0 saturated carbocycles. The third-order valence-electron chi connectivity index (χ3n) is 3.98.